The van der Waals surface area contributed by atoms with Crippen molar-refractivity contribution < 1.29 is 32.7 Å². The number of hydrogen-bond acceptors (Lipinski definition) is 4. The van der Waals surface area contributed by atoms with Crippen LogP contribution < -0.4 is 25.0 Å². The van der Waals surface area contributed by atoms with Crippen molar-refractivity contribution in [2.75, 3.05) is 20.7 Å². The summed E-state index contributed by atoms with van der Waals surface area (Å²) in [5, 5.41) is 5.14. The first kappa shape index (κ1) is 20.9. The molecule has 9 heteroatoms. The molecule has 1 aromatic rings. The van der Waals surface area contributed by atoms with Gasteiger partial charge in [0.05, 0.1) is 14.2 Å². The summed E-state index contributed by atoms with van der Waals surface area (Å²) < 4.78 is 34.2. The first-order valence-electron chi connectivity index (χ1n) is 8.90. The molecule has 0 saturated heterocycles. The lowest BCUT2D eigenvalue weighted by Gasteiger charge is -2.16. The Morgan fingerprint density at radius 2 is 1.96 bits per heavy atom. The van der Waals surface area contributed by atoms with Crippen molar-refractivity contribution in [1.29, 1.82) is 0 Å². The molecule has 1 aromatic carbocycles. The van der Waals surface area contributed by atoms with Gasteiger partial charge in [0, 0.05) is 11.6 Å². The molecule has 1 fully saturated rings. The average Bonchev–Trinajstić information content (AvgIpc) is 3.08. The van der Waals surface area contributed by atoms with Crippen LogP contribution in [0.15, 0.2) is 18.2 Å². The van der Waals surface area contributed by atoms with Gasteiger partial charge in [0.1, 0.15) is 6.54 Å². The van der Waals surface area contributed by atoms with E-state index in [4.69, 9.17) is 4.74 Å². The van der Waals surface area contributed by atoms with Gasteiger partial charge in [-0.1, -0.05) is 12.8 Å². The Kier molecular flexibility index (Phi) is 7.78. The van der Waals surface area contributed by atoms with E-state index >= 15 is 0 Å². The Morgan fingerprint density at radius 3 is 2.59 bits per heavy atom. The summed E-state index contributed by atoms with van der Waals surface area (Å²) in [5.74, 6) is -0.233. The van der Waals surface area contributed by atoms with Gasteiger partial charge in [0.15, 0.2) is 18.0 Å². The highest BCUT2D eigenvalue weighted by Gasteiger charge is 2.20. The van der Waals surface area contributed by atoms with Crippen LogP contribution in [0, 0.1) is 0 Å². The van der Waals surface area contributed by atoms with E-state index in [-0.39, 0.29) is 30.0 Å². The Labute approximate surface area is 157 Å². The number of likely N-dealkylation sites (N-methyl/N-ethyl adjacent to an activating group) is 1. The number of imide groups is 1. The topological polar surface area (TPSA) is 81.1 Å². The second kappa shape index (κ2) is 10.1. The van der Waals surface area contributed by atoms with Gasteiger partial charge in [-0.15, -0.1) is 0 Å². The minimum Gasteiger partial charge on any atom is -0.493 e. The third-order valence-electron chi connectivity index (χ3n) is 4.36. The standard InChI is InChI=1S/C18H25F2N3O4/c1-23(11-16(24)22-18(25)21-13-5-3-4-6-13)10-12-7-8-14(27-17(19)20)15(9-12)26-2/h7-9,13,17H,3-6,10-11H2,1-2H3,(H2,21,22,24,25)/p+1. The van der Waals surface area contributed by atoms with Crippen LogP contribution in [-0.4, -0.2) is 45.3 Å². The molecule has 0 radical (unpaired) electrons. The van der Waals surface area contributed by atoms with Crippen LogP contribution in [0.4, 0.5) is 13.6 Å². The number of carbonyl (C=O) groups is 2. The number of methoxy groups -OCH3 is 1. The molecule has 1 saturated carbocycles. The Hall–Kier alpha value is -2.42. The van der Waals surface area contributed by atoms with E-state index in [9.17, 15) is 18.4 Å². The van der Waals surface area contributed by atoms with Gasteiger partial charge in [-0.25, -0.2) is 4.79 Å². The maximum atomic E-state index is 12.4. The second-order valence-electron chi connectivity index (χ2n) is 6.68. The number of amides is 3. The monoisotopic (exact) mass is 386 g/mol. The summed E-state index contributed by atoms with van der Waals surface area (Å²) in [6.07, 6.45) is 4.08. The molecule has 2 rings (SSSR count). The SMILES string of the molecule is COc1cc(C[NH+](C)CC(=O)NC(=O)NC2CCCC2)ccc1OC(F)F. The Morgan fingerprint density at radius 1 is 1.26 bits per heavy atom. The van der Waals surface area contributed by atoms with E-state index in [0.717, 1.165) is 36.1 Å². The maximum absolute atomic E-state index is 12.4. The number of ether oxygens (including phenoxy) is 2. The van der Waals surface area contributed by atoms with Gasteiger partial charge in [0.2, 0.25) is 0 Å². The largest absolute Gasteiger partial charge is 0.493 e. The van der Waals surface area contributed by atoms with Gasteiger partial charge in [-0.2, -0.15) is 8.78 Å². The molecular weight excluding hydrogens is 360 g/mol. The molecule has 0 aromatic heterocycles. The second-order valence-corrected chi connectivity index (χ2v) is 6.68. The van der Waals surface area contributed by atoms with Gasteiger partial charge < -0.3 is 19.7 Å². The normalized spacial score (nSPS) is 15.4. The fraction of sp³-hybridized carbons (Fsp3) is 0.556. The molecule has 0 heterocycles. The number of quaternary nitrogens is 1. The molecule has 1 unspecified atom stereocenters. The van der Waals surface area contributed by atoms with Crippen LogP contribution in [-0.2, 0) is 11.3 Å². The molecule has 0 bridgehead atoms. The van der Waals surface area contributed by atoms with Crippen molar-refractivity contribution in [2.24, 2.45) is 0 Å². The van der Waals surface area contributed by atoms with Gasteiger partial charge in [-0.05, 0) is 31.0 Å². The Balaban J connectivity index is 1.82. The Bertz CT molecular complexity index is 651. The van der Waals surface area contributed by atoms with E-state index in [0.29, 0.717) is 6.54 Å². The lowest BCUT2D eigenvalue weighted by atomic mass is 10.2. The molecular formula is C18H26F2N3O4+. The predicted octanol–water partition coefficient (Wildman–Crippen LogP) is 1.08. The van der Waals surface area contributed by atoms with E-state index < -0.39 is 12.6 Å². The highest BCUT2D eigenvalue weighted by molar-refractivity contribution is 5.94. The third kappa shape index (κ3) is 7.01. The highest BCUT2D eigenvalue weighted by Crippen LogP contribution is 2.29. The van der Waals surface area contributed by atoms with Crippen LogP contribution >= 0.6 is 0 Å². The summed E-state index contributed by atoms with van der Waals surface area (Å²) in [4.78, 5) is 24.6. The highest BCUT2D eigenvalue weighted by atomic mass is 19.3. The van der Waals surface area contributed by atoms with Gasteiger partial charge >= 0.3 is 12.6 Å². The molecule has 3 N–H and O–H groups in total. The molecule has 7 nitrogen and oxygen atoms in total. The number of nitrogens with one attached hydrogen (secondary N) is 3. The van der Waals surface area contributed by atoms with E-state index in [1.54, 1.807) is 19.2 Å². The van der Waals surface area contributed by atoms with Crippen molar-refractivity contribution in [1.82, 2.24) is 10.6 Å². The zero-order valence-corrected chi connectivity index (χ0v) is 15.5. The van der Waals surface area contributed by atoms with Crippen molar-refractivity contribution in [2.45, 2.75) is 44.9 Å². The van der Waals surface area contributed by atoms with Crippen LogP contribution in [0.1, 0.15) is 31.2 Å². The first-order chi connectivity index (χ1) is 12.9. The smallest absolute Gasteiger partial charge is 0.387 e. The predicted molar refractivity (Wildman–Crippen MR) is 94.0 cm³/mol. The minimum absolute atomic E-state index is 0.0461. The van der Waals surface area contributed by atoms with E-state index in [1.165, 1.54) is 13.2 Å². The fourth-order valence-corrected chi connectivity index (χ4v) is 3.16. The zero-order valence-electron chi connectivity index (χ0n) is 15.5. The quantitative estimate of drug-likeness (QED) is 0.625. The summed E-state index contributed by atoms with van der Waals surface area (Å²) in [5.41, 5.74) is 0.786. The van der Waals surface area contributed by atoms with Crippen LogP contribution in [0.5, 0.6) is 11.5 Å². The summed E-state index contributed by atoms with van der Waals surface area (Å²) >= 11 is 0. The van der Waals surface area contributed by atoms with Crippen molar-refractivity contribution in [3.63, 3.8) is 0 Å². The molecule has 1 aliphatic rings. The average molecular weight is 386 g/mol. The number of benzene rings is 1. The maximum Gasteiger partial charge on any atom is 0.387 e. The number of rotatable bonds is 8. The van der Waals surface area contributed by atoms with E-state index in [2.05, 4.69) is 15.4 Å². The molecule has 1 aliphatic carbocycles. The van der Waals surface area contributed by atoms with Gasteiger partial charge in [-0.3, -0.25) is 10.1 Å². The molecule has 27 heavy (non-hydrogen) atoms. The van der Waals surface area contributed by atoms with Gasteiger partial charge in [0.25, 0.3) is 5.91 Å². The number of alkyl halides is 2. The lowest BCUT2D eigenvalue weighted by Crippen LogP contribution is -3.09. The minimum atomic E-state index is -2.93. The number of carbonyl (C=O) groups excluding carboxylic acids is 2. The summed E-state index contributed by atoms with van der Waals surface area (Å²) in [6, 6.07) is 4.31. The van der Waals surface area contributed by atoms with Crippen molar-refractivity contribution in [3.8, 4) is 11.5 Å². The molecule has 1 atom stereocenters. The molecule has 0 spiro atoms. The van der Waals surface area contributed by atoms with Crippen LogP contribution in [0.25, 0.3) is 0 Å². The van der Waals surface area contributed by atoms with Crippen LogP contribution in [0.3, 0.4) is 0 Å². The lowest BCUT2D eigenvalue weighted by molar-refractivity contribution is -0.885. The molecule has 0 aliphatic heterocycles. The number of halogens is 2. The molecule has 150 valence electrons. The fourth-order valence-electron chi connectivity index (χ4n) is 3.16. The van der Waals surface area contributed by atoms with Crippen LogP contribution in [0.2, 0.25) is 0 Å². The summed E-state index contributed by atoms with van der Waals surface area (Å²) in [7, 11) is 3.16. The van der Waals surface area contributed by atoms with Crippen molar-refractivity contribution >= 4 is 11.9 Å². The van der Waals surface area contributed by atoms with Crippen molar-refractivity contribution in [3.05, 3.63) is 23.8 Å². The third-order valence-corrected chi connectivity index (χ3v) is 4.36. The summed E-state index contributed by atoms with van der Waals surface area (Å²) in [6.45, 7) is -2.39. The number of urea groups is 1. The zero-order chi connectivity index (χ0) is 19.8. The van der Waals surface area contributed by atoms with E-state index in [1.807, 2.05) is 0 Å². The molecule has 3 amide bonds. The number of hydrogen-bond donors (Lipinski definition) is 3. The first-order valence-corrected chi connectivity index (χ1v) is 8.90.